The van der Waals surface area contributed by atoms with Gasteiger partial charge in [0.2, 0.25) is 0 Å². The lowest BCUT2D eigenvalue weighted by Gasteiger charge is -2.72. The SMILES string of the molecule is C=C(C)[C@@H]1CC[C@]2(NC(=O)OC(C)(C)C)CC[C@]3(C)[C@H](CC[C@@H]4[C@@]5(C)CC=C(C6=CC7(C6)CC(C(=O)OC(C)C)(C(=O)OC(C)C)C7)C(C)(C)[C@@H]5CC[C@]43C)[C@@H]12. The monoisotopic (exact) mass is 774 g/mol. The van der Waals surface area contributed by atoms with Gasteiger partial charge in [0.25, 0.3) is 0 Å². The van der Waals surface area contributed by atoms with Gasteiger partial charge in [-0.05, 0) is 200 Å². The molecule has 1 N–H and O–H groups in total. The molecule has 9 atom stereocenters. The van der Waals surface area contributed by atoms with E-state index in [4.69, 9.17) is 14.2 Å². The molecule has 7 rings (SSSR count). The summed E-state index contributed by atoms with van der Waals surface area (Å²) >= 11 is 0. The number of hydrogen-bond donors (Lipinski definition) is 1. The molecular formula is C49H75NO6. The van der Waals surface area contributed by atoms with Crippen molar-refractivity contribution in [2.75, 3.05) is 0 Å². The number of nitrogens with one attached hydrogen (secondary N) is 1. The Balaban J connectivity index is 1.13. The van der Waals surface area contributed by atoms with Crippen LogP contribution in [0.4, 0.5) is 4.79 Å². The van der Waals surface area contributed by atoms with Gasteiger partial charge in [-0.15, -0.1) is 0 Å². The molecule has 5 fully saturated rings. The minimum absolute atomic E-state index is 0.0169. The van der Waals surface area contributed by atoms with Crippen LogP contribution < -0.4 is 5.32 Å². The number of amides is 1. The van der Waals surface area contributed by atoms with Crippen LogP contribution in [-0.2, 0) is 23.8 Å². The van der Waals surface area contributed by atoms with E-state index in [9.17, 15) is 14.4 Å². The third-order valence-corrected chi connectivity index (χ3v) is 17.5. The van der Waals surface area contributed by atoms with Gasteiger partial charge >= 0.3 is 18.0 Å². The smallest absolute Gasteiger partial charge is 0.408 e. The molecule has 7 aliphatic rings. The Bertz CT molecular complexity index is 1700. The summed E-state index contributed by atoms with van der Waals surface area (Å²) in [6, 6.07) is 0. The lowest BCUT2D eigenvalue weighted by atomic mass is 9.32. The third-order valence-electron chi connectivity index (χ3n) is 17.5. The number of rotatable bonds is 7. The predicted molar refractivity (Wildman–Crippen MR) is 221 cm³/mol. The largest absolute Gasteiger partial charge is 0.462 e. The van der Waals surface area contributed by atoms with Gasteiger partial charge < -0.3 is 19.5 Å². The Kier molecular flexibility index (Phi) is 9.82. The second kappa shape index (κ2) is 13.2. The topological polar surface area (TPSA) is 90.9 Å². The van der Waals surface area contributed by atoms with E-state index < -0.39 is 23.0 Å². The van der Waals surface area contributed by atoms with Gasteiger partial charge in [0.05, 0.1) is 12.2 Å². The molecular weight excluding hydrogens is 699 g/mol. The summed E-state index contributed by atoms with van der Waals surface area (Å²) in [5, 5.41) is 3.54. The first kappa shape index (κ1) is 41.6. The van der Waals surface area contributed by atoms with Crippen LogP contribution in [0.3, 0.4) is 0 Å². The summed E-state index contributed by atoms with van der Waals surface area (Å²) in [6.07, 6.45) is 16.3. The highest BCUT2D eigenvalue weighted by molar-refractivity contribution is 6.02. The maximum absolute atomic E-state index is 13.4. The predicted octanol–water partition coefficient (Wildman–Crippen LogP) is 11.5. The highest BCUT2D eigenvalue weighted by Gasteiger charge is 2.72. The second-order valence-corrected chi connectivity index (χ2v) is 23.1. The summed E-state index contributed by atoms with van der Waals surface area (Å²) in [6.45, 7) is 32.9. The molecule has 56 heavy (non-hydrogen) atoms. The number of hydrogen-bond acceptors (Lipinski definition) is 6. The van der Waals surface area contributed by atoms with E-state index in [0.29, 0.717) is 42.4 Å². The van der Waals surface area contributed by atoms with Crippen molar-refractivity contribution in [1.82, 2.24) is 5.32 Å². The molecule has 0 unspecified atom stereocenters. The van der Waals surface area contributed by atoms with Gasteiger partial charge in [-0.1, -0.05) is 58.9 Å². The van der Waals surface area contributed by atoms with E-state index in [0.717, 1.165) is 38.5 Å². The molecule has 312 valence electrons. The molecule has 0 radical (unpaired) electrons. The van der Waals surface area contributed by atoms with Crippen LogP contribution in [0.2, 0.25) is 0 Å². The van der Waals surface area contributed by atoms with Crippen molar-refractivity contribution in [3.8, 4) is 0 Å². The quantitative estimate of drug-likeness (QED) is 0.120. The van der Waals surface area contributed by atoms with Crippen molar-refractivity contribution in [3.63, 3.8) is 0 Å². The molecule has 5 saturated carbocycles. The van der Waals surface area contributed by atoms with E-state index in [1.54, 1.807) is 0 Å². The van der Waals surface area contributed by atoms with E-state index in [-0.39, 0.29) is 50.9 Å². The Labute approximate surface area is 339 Å². The first-order valence-corrected chi connectivity index (χ1v) is 22.3. The van der Waals surface area contributed by atoms with E-state index in [1.165, 1.54) is 42.4 Å². The summed E-state index contributed by atoms with van der Waals surface area (Å²) < 4.78 is 17.2. The highest BCUT2D eigenvalue weighted by Crippen LogP contribution is 2.77. The van der Waals surface area contributed by atoms with Crippen molar-refractivity contribution < 1.29 is 28.6 Å². The zero-order valence-electron chi connectivity index (χ0n) is 37.3. The molecule has 0 aliphatic heterocycles. The number of ether oxygens (including phenoxy) is 3. The molecule has 0 aromatic rings. The van der Waals surface area contributed by atoms with Crippen molar-refractivity contribution in [2.24, 2.45) is 62.1 Å². The number of alkyl carbamates (subject to hydrolysis) is 1. The van der Waals surface area contributed by atoms with E-state index in [2.05, 4.69) is 65.6 Å². The lowest BCUT2D eigenvalue weighted by Crippen LogP contribution is -2.68. The van der Waals surface area contributed by atoms with Gasteiger partial charge in [0.1, 0.15) is 5.60 Å². The fraction of sp³-hybridized carbons (Fsp3) is 0.816. The van der Waals surface area contributed by atoms with Crippen LogP contribution >= 0.6 is 0 Å². The average Bonchev–Trinajstić information content (AvgIpc) is 3.38. The number of allylic oxidation sites excluding steroid dienone is 5. The molecule has 0 aromatic carbocycles. The number of fused-ring (bicyclic) bond motifs is 7. The van der Waals surface area contributed by atoms with Crippen LogP contribution in [0.25, 0.3) is 0 Å². The standard InChI is InChI=1S/C49H75NO6/c1-29(2)33-17-22-49(50-41(53)56-42(7,8)9)24-23-45(13)35(38(33)49)15-16-37-44(12)20-18-34(43(10,11)36(44)19-21-46(37,45)14)32-25-47(26-32)27-48(28-47,39(51)54-30(3)4)40(52)55-31(5)6/h18,25,30-31,33,35-38H,1,15-17,19-24,26-28H2,2-14H3,(H,50,53)/t33-,35+,36-,37+,38+,44-,45+,46+,49-/m0/s1. The Hall–Kier alpha value is -2.57. The number of carbonyl (C=O) groups is 3. The maximum Gasteiger partial charge on any atom is 0.408 e. The Morgan fingerprint density at radius 2 is 1.43 bits per heavy atom. The van der Waals surface area contributed by atoms with Gasteiger partial charge in [0, 0.05) is 5.54 Å². The normalized spacial score (nSPS) is 40.0. The zero-order chi connectivity index (χ0) is 41.2. The van der Waals surface area contributed by atoms with Gasteiger partial charge in [-0.3, -0.25) is 9.59 Å². The average molecular weight is 774 g/mol. The van der Waals surface area contributed by atoms with E-state index in [1.807, 2.05) is 48.5 Å². The summed E-state index contributed by atoms with van der Waals surface area (Å²) in [5.74, 6) is 1.65. The van der Waals surface area contributed by atoms with Crippen molar-refractivity contribution >= 4 is 18.0 Å². The van der Waals surface area contributed by atoms with Crippen molar-refractivity contribution in [3.05, 3.63) is 35.5 Å². The van der Waals surface area contributed by atoms with Crippen LogP contribution in [0, 0.1) is 62.1 Å². The van der Waals surface area contributed by atoms with Crippen molar-refractivity contribution in [2.45, 2.75) is 190 Å². The Morgan fingerprint density at radius 3 is 1.98 bits per heavy atom. The lowest BCUT2D eigenvalue weighted by molar-refractivity contribution is -0.220. The maximum atomic E-state index is 13.4. The van der Waals surface area contributed by atoms with Crippen molar-refractivity contribution in [1.29, 1.82) is 0 Å². The first-order valence-electron chi connectivity index (χ1n) is 22.3. The molecule has 1 spiro atoms. The fourth-order valence-electron chi connectivity index (χ4n) is 15.3. The molecule has 7 heteroatoms. The molecule has 0 aromatic heterocycles. The minimum atomic E-state index is -1.21. The zero-order valence-corrected chi connectivity index (χ0v) is 37.3. The first-order chi connectivity index (χ1) is 25.8. The summed E-state index contributed by atoms with van der Waals surface area (Å²) in [4.78, 5) is 40.2. The number of carbonyl (C=O) groups excluding carboxylic acids is 3. The molecule has 1 amide bonds. The number of esters is 2. The summed E-state index contributed by atoms with van der Waals surface area (Å²) in [5.41, 5.74) is 2.65. The minimum Gasteiger partial charge on any atom is -0.462 e. The Morgan fingerprint density at radius 1 is 0.821 bits per heavy atom. The second-order valence-electron chi connectivity index (χ2n) is 23.1. The van der Waals surface area contributed by atoms with E-state index >= 15 is 0 Å². The molecule has 0 heterocycles. The van der Waals surface area contributed by atoms with Crippen LogP contribution in [-0.4, -0.2) is 41.4 Å². The third kappa shape index (κ3) is 6.10. The highest BCUT2D eigenvalue weighted by atomic mass is 16.6. The molecule has 0 saturated heterocycles. The summed E-state index contributed by atoms with van der Waals surface area (Å²) in [7, 11) is 0. The molecule has 7 nitrogen and oxygen atoms in total. The van der Waals surface area contributed by atoms with Crippen LogP contribution in [0.1, 0.15) is 167 Å². The fourth-order valence-corrected chi connectivity index (χ4v) is 15.3. The molecule has 0 bridgehead atoms. The van der Waals surface area contributed by atoms with Gasteiger partial charge in [0.15, 0.2) is 5.41 Å². The van der Waals surface area contributed by atoms with Crippen LogP contribution in [0.15, 0.2) is 35.5 Å². The van der Waals surface area contributed by atoms with Gasteiger partial charge in [-0.25, -0.2) is 4.79 Å². The van der Waals surface area contributed by atoms with Gasteiger partial charge in [-0.2, -0.15) is 0 Å². The van der Waals surface area contributed by atoms with Crippen LogP contribution in [0.5, 0.6) is 0 Å². The molecule has 7 aliphatic carbocycles.